The number of carboxylic acid groups (broad SMARTS) is 1. The van der Waals surface area contributed by atoms with Crippen molar-refractivity contribution in [2.45, 2.75) is 13.8 Å². The number of hydrogen-bond acceptors (Lipinski definition) is 4. The first kappa shape index (κ1) is 16.2. The molecule has 0 aliphatic heterocycles. The first-order chi connectivity index (χ1) is 8.42. The number of nitrogens with two attached hydrogens (primary N) is 1. The fourth-order valence-electron chi connectivity index (χ4n) is 1.14. The van der Waals surface area contributed by atoms with Gasteiger partial charge in [-0.05, 0) is 18.6 Å². The molecule has 1 amide bonds. The summed E-state index contributed by atoms with van der Waals surface area (Å²) in [5.41, 5.74) is 0.610. The molecule has 0 saturated carbocycles. The Morgan fingerprint density at radius 3 is 2.56 bits per heavy atom. The molecule has 0 rings (SSSR count). The van der Waals surface area contributed by atoms with Crippen LogP contribution in [0.1, 0.15) is 13.8 Å². The second kappa shape index (κ2) is 8.28. The summed E-state index contributed by atoms with van der Waals surface area (Å²) in [7, 11) is 0. The summed E-state index contributed by atoms with van der Waals surface area (Å²) >= 11 is 5.29. The van der Waals surface area contributed by atoms with Gasteiger partial charge in [0.05, 0.1) is 11.5 Å². The minimum atomic E-state index is -1.51. The normalized spacial score (nSPS) is 12.4. The summed E-state index contributed by atoms with van der Waals surface area (Å²) in [6, 6.07) is 1.56. The number of carboxylic acids is 1. The molecule has 6 nitrogen and oxygen atoms in total. The number of nitrogens with zero attached hydrogens (tertiary/aromatic N) is 1. The lowest BCUT2D eigenvalue weighted by molar-refractivity contribution is -0.608. The summed E-state index contributed by atoms with van der Waals surface area (Å²) in [6.45, 7) is 3.51. The quantitative estimate of drug-likeness (QED) is 0.198. The van der Waals surface area contributed by atoms with Gasteiger partial charge in [-0.25, -0.2) is 0 Å². The SMILES string of the molecule is C/C(=C\C(C)=C(/C#N)C(=O)[O-])[NH2+]CNC(=O)CCl. The average molecular weight is 272 g/mol. The number of allylic oxidation sites excluding steroid dienone is 3. The van der Waals surface area contributed by atoms with Crippen LogP contribution in [0.15, 0.2) is 22.9 Å². The van der Waals surface area contributed by atoms with E-state index in [1.165, 1.54) is 13.0 Å². The molecule has 7 heteroatoms. The molecule has 0 aromatic rings. The van der Waals surface area contributed by atoms with Crippen molar-refractivity contribution >= 4 is 23.5 Å². The second-order valence-electron chi connectivity index (χ2n) is 3.49. The van der Waals surface area contributed by atoms with Crippen molar-refractivity contribution in [1.29, 1.82) is 5.26 Å². The van der Waals surface area contributed by atoms with Crippen LogP contribution in [0.4, 0.5) is 0 Å². The molecule has 18 heavy (non-hydrogen) atoms. The van der Waals surface area contributed by atoms with Gasteiger partial charge in [-0.1, -0.05) is 0 Å². The topological polar surface area (TPSA) is 110 Å². The van der Waals surface area contributed by atoms with Crippen LogP contribution in [0, 0.1) is 11.3 Å². The number of carbonyl (C=O) groups is 2. The smallest absolute Gasteiger partial charge is 0.239 e. The lowest BCUT2D eigenvalue weighted by atomic mass is 10.1. The maximum absolute atomic E-state index is 10.8. The molecule has 0 spiro atoms. The highest BCUT2D eigenvalue weighted by molar-refractivity contribution is 6.27. The number of aliphatic carboxylic acids is 1. The second-order valence-corrected chi connectivity index (χ2v) is 3.75. The van der Waals surface area contributed by atoms with E-state index >= 15 is 0 Å². The molecule has 0 heterocycles. The van der Waals surface area contributed by atoms with E-state index < -0.39 is 11.5 Å². The molecular formula is C11H14ClN3O3. The fourth-order valence-corrected chi connectivity index (χ4v) is 1.23. The maximum Gasteiger partial charge on any atom is 0.239 e. The van der Waals surface area contributed by atoms with Gasteiger partial charge in [-0.3, -0.25) is 4.79 Å². The third-order valence-electron chi connectivity index (χ3n) is 2.00. The van der Waals surface area contributed by atoms with Crippen LogP contribution in [-0.2, 0) is 9.59 Å². The number of nitriles is 1. The molecule has 0 atom stereocenters. The molecule has 0 radical (unpaired) electrons. The molecular weight excluding hydrogens is 258 g/mol. The van der Waals surface area contributed by atoms with Gasteiger partial charge < -0.3 is 20.5 Å². The Morgan fingerprint density at radius 1 is 1.50 bits per heavy atom. The monoisotopic (exact) mass is 271 g/mol. The maximum atomic E-state index is 10.8. The zero-order valence-corrected chi connectivity index (χ0v) is 10.9. The van der Waals surface area contributed by atoms with E-state index in [-0.39, 0.29) is 18.5 Å². The highest BCUT2D eigenvalue weighted by atomic mass is 35.5. The van der Waals surface area contributed by atoms with E-state index in [1.54, 1.807) is 18.3 Å². The van der Waals surface area contributed by atoms with E-state index in [0.717, 1.165) is 5.70 Å². The number of nitrogens with one attached hydrogen (secondary N) is 1. The van der Waals surface area contributed by atoms with E-state index in [9.17, 15) is 14.7 Å². The number of halogens is 1. The Balaban J connectivity index is 4.55. The van der Waals surface area contributed by atoms with Crippen molar-refractivity contribution in [3.63, 3.8) is 0 Å². The van der Waals surface area contributed by atoms with E-state index in [4.69, 9.17) is 16.9 Å². The van der Waals surface area contributed by atoms with Crippen molar-refractivity contribution < 1.29 is 20.0 Å². The Labute approximate surface area is 110 Å². The van der Waals surface area contributed by atoms with Gasteiger partial charge in [0.1, 0.15) is 17.6 Å². The number of hydrogen-bond donors (Lipinski definition) is 2. The van der Waals surface area contributed by atoms with Crippen LogP contribution in [0.25, 0.3) is 0 Å². The van der Waals surface area contributed by atoms with Crippen LogP contribution in [-0.4, -0.2) is 24.4 Å². The molecule has 0 saturated heterocycles. The lowest BCUT2D eigenvalue weighted by Gasteiger charge is -2.05. The third kappa shape index (κ3) is 6.03. The molecule has 0 bridgehead atoms. The van der Waals surface area contributed by atoms with Crippen LogP contribution in [0.2, 0.25) is 0 Å². The van der Waals surface area contributed by atoms with Crippen LogP contribution < -0.4 is 15.7 Å². The van der Waals surface area contributed by atoms with Crippen molar-refractivity contribution in [2.24, 2.45) is 0 Å². The van der Waals surface area contributed by atoms with Crippen molar-refractivity contribution in [3.05, 3.63) is 22.9 Å². The van der Waals surface area contributed by atoms with E-state index in [0.29, 0.717) is 5.57 Å². The first-order valence-corrected chi connectivity index (χ1v) is 5.62. The summed E-state index contributed by atoms with van der Waals surface area (Å²) in [6.07, 6.45) is 1.53. The molecule has 0 aliphatic rings. The minimum absolute atomic E-state index is 0.112. The molecule has 0 unspecified atom stereocenters. The number of quaternary nitrogens is 1. The fraction of sp³-hybridized carbons (Fsp3) is 0.364. The van der Waals surface area contributed by atoms with Gasteiger partial charge in [0, 0.05) is 6.92 Å². The van der Waals surface area contributed by atoms with Crippen molar-refractivity contribution in [2.75, 3.05) is 12.5 Å². The molecule has 98 valence electrons. The molecule has 3 N–H and O–H groups in total. The Kier molecular flexibility index (Phi) is 7.43. The zero-order valence-electron chi connectivity index (χ0n) is 10.1. The number of amides is 1. The van der Waals surface area contributed by atoms with Gasteiger partial charge >= 0.3 is 0 Å². The predicted molar refractivity (Wildman–Crippen MR) is 62.7 cm³/mol. The number of alkyl halides is 1. The van der Waals surface area contributed by atoms with E-state index in [1.807, 2.05) is 0 Å². The number of carbonyl (C=O) groups excluding carboxylic acids is 2. The van der Waals surface area contributed by atoms with Gasteiger partial charge in [-0.2, -0.15) is 5.26 Å². The minimum Gasteiger partial charge on any atom is -0.544 e. The summed E-state index contributed by atoms with van der Waals surface area (Å²) < 4.78 is 0. The zero-order chi connectivity index (χ0) is 14.1. The third-order valence-corrected chi connectivity index (χ3v) is 2.24. The van der Waals surface area contributed by atoms with Crippen molar-refractivity contribution in [1.82, 2.24) is 5.32 Å². The largest absolute Gasteiger partial charge is 0.544 e. The molecule has 0 aromatic heterocycles. The Hall–Kier alpha value is -1.84. The summed E-state index contributed by atoms with van der Waals surface area (Å²) in [5, 5.41) is 23.4. The summed E-state index contributed by atoms with van der Waals surface area (Å²) in [5.74, 6) is -1.91. The van der Waals surface area contributed by atoms with Gasteiger partial charge in [0.15, 0.2) is 6.67 Å². The Morgan fingerprint density at radius 2 is 2.11 bits per heavy atom. The van der Waals surface area contributed by atoms with Gasteiger partial charge in [0.2, 0.25) is 5.91 Å². The highest BCUT2D eigenvalue weighted by Gasteiger charge is 2.03. The van der Waals surface area contributed by atoms with Crippen LogP contribution in [0.5, 0.6) is 0 Å². The predicted octanol–water partition coefficient (Wildman–Crippen LogP) is -1.64. The summed E-state index contributed by atoms with van der Waals surface area (Å²) in [4.78, 5) is 21.4. The Bertz CT molecular complexity index is 435. The average Bonchev–Trinajstić information content (AvgIpc) is 2.28. The first-order valence-electron chi connectivity index (χ1n) is 5.08. The highest BCUT2D eigenvalue weighted by Crippen LogP contribution is 2.04. The van der Waals surface area contributed by atoms with Gasteiger partial charge in [-0.15, -0.1) is 11.6 Å². The standard InChI is InChI=1S/C11H14ClN3O3/c1-7(9(5-13)11(17)18)3-8(2)14-6-15-10(16)4-12/h3,14H,4,6H2,1-2H3,(H,15,16)(H,17,18)/b8-3+,9-7+. The van der Waals surface area contributed by atoms with Crippen LogP contribution in [0.3, 0.4) is 0 Å². The lowest BCUT2D eigenvalue weighted by Crippen LogP contribution is -2.85. The van der Waals surface area contributed by atoms with Crippen LogP contribution >= 0.6 is 11.6 Å². The van der Waals surface area contributed by atoms with Crippen molar-refractivity contribution in [3.8, 4) is 6.07 Å². The molecule has 0 aromatic carbocycles. The number of rotatable bonds is 6. The molecule has 0 fully saturated rings. The molecule has 0 aliphatic carbocycles. The van der Waals surface area contributed by atoms with Gasteiger partial charge in [0.25, 0.3) is 0 Å². The van der Waals surface area contributed by atoms with E-state index in [2.05, 4.69) is 5.32 Å².